The molecule has 0 bridgehead atoms. The number of hydrogen-bond donors (Lipinski definition) is 0. The van der Waals surface area contributed by atoms with E-state index in [1.165, 1.54) is 19.1 Å². The van der Waals surface area contributed by atoms with Crippen LogP contribution in [0.3, 0.4) is 0 Å². The van der Waals surface area contributed by atoms with E-state index >= 15 is 0 Å². The van der Waals surface area contributed by atoms with Gasteiger partial charge in [0.2, 0.25) is 0 Å². The summed E-state index contributed by atoms with van der Waals surface area (Å²) in [5.74, 6) is -1.86. The fourth-order valence-electron chi connectivity index (χ4n) is 1.70. The van der Waals surface area contributed by atoms with Gasteiger partial charge >= 0.3 is 0 Å². The summed E-state index contributed by atoms with van der Waals surface area (Å²) in [6.45, 7) is 1.31. The monoisotopic (exact) mass is 231 g/mol. The second-order valence-corrected chi connectivity index (χ2v) is 3.70. The smallest absolute Gasteiger partial charge is 0.252 e. The van der Waals surface area contributed by atoms with Crippen LogP contribution < -0.4 is 0 Å². The normalized spacial score (nSPS) is 22.8. The van der Waals surface area contributed by atoms with Gasteiger partial charge in [-0.25, -0.2) is 0 Å². The number of rotatable bonds is 3. The van der Waals surface area contributed by atoms with E-state index < -0.39 is 16.8 Å². The average Bonchev–Trinajstić information content (AvgIpc) is 2.28. The van der Waals surface area contributed by atoms with Gasteiger partial charge in [-0.05, 0) is 13.0 Å². The second kappa shape index (κ2) is 5.04. The van der Waals surface area contributed by atoms with E-state index in [0.29, 0.717) is 0 Å². The van der Waals surface area contributed by atoms with Gasteiger partial charge in [0.05, 0.1) is 28.9 Å². The first kappa shape index (κ1) is 12.6. The van der Waals surface area contributed by atoms with Gasteiger partial charge in [-0.15, -0.1) is 0 Å². The minimum atomic E-state index is -0.836. The van der Waals surface area contributed by atoms with E-state index in [1.54, 1.807) is 0 Å². The molecule has 2 atom stereocenters. The molecule has 2 unspecified atom stereocenters. The Morgan fingerprint density at radius 3 is 2.59 bits per heavy atom. The zero-order chi connectivity index (χ0) is 13.0. The number of Topliss-reactive ketones (excluding diaryl/α,β-unsaturated/α-hetero) is 1. The molecule has 0 radical (unpaired) electrons. The number of nitrogens with zero attached hydrogens (tertiary/aromatic N) is 3. The molecular weight excluding hydrogens is 222 g/mol. The number of carbonyl (C=O) groups is 1. The van der Waals surface area contributed by atoms with E-state index in [-0.39, 0.29) is 23.5 Å². The number of allylic oxidation sites excluding steroid dienone is 3. The lowest BCUT2D eigenvalue weighted by Gasteiger charge is -2.17. The van der Waals surface area contributed by atoms with Crippen molar-refractivity contribution in [2.24, 2.45) is 11.8 Å². The average molecular weight is 231 g/mol. The predicted molar refractivity (Wildman–Crippen MR) is 56.7 cm³/mol. The Hall–Kier alpha value is -2.47. The molecule has 0 spiro atoms. The molecule has 0 saturated heterocycles. The molecule has 0 heterocycles. The van der Waals surface area contributed by atoms with Gasteiger partial charge < -0.3 is 0 Å². The van der Waals surface area contributed by atoms with Crippen molar-refractivity contribution in [2.45, 2.75) is 13.3 Å². The minimum absolute atomic E-state index is 0.0929. The molecule has 6 heteroatoms. The highest BCUT2D eigenvalue weighted by Crippen LogP contribution is 2.31. The van der Waals surface area contributed by atoms with Crippen LogP contribution >= 0.6 is 0 Å². The Morgan fingerprint density at radius 1 is 1.53 bits per heavy atom. The third kappa shape index (κ3) is 2.76. The molecule has 1 rings (SSSR count). The maximum atomic E-state index is 11.0. The molecule has 0 saturated carbocycles. The van der Waals surface area contributed by atoms with Gasteiger partial charge in [-0.2, -0.15) is 10.5 Å². The van der Waals surface area contributed by atoms with Crippen molar-refractivity contribution in [2.75, 3.05) is 0 Å². The summed E-state index contributed by atoms with van der Waals surface area (Å²) in [6.07, 6.45) is 2.46. The Bertz CT molecular complexity index is 505. The first-order chi connectivity index (χ1) is 7.99. The largest absolute Gasteiger partial charge is 0.300 e. The van der Waals surface area contributed by atoms with Crippen molar-refractivity contribution in [1.29, 1.82) is 10.5 Å². The maximum absolute atomic E-state index is 11.0. The quantitative estimate of drug-likeness (QED) is 0.538. The summed E-state index contributed by atoms with van der Waals surface area (Å²) in [6, 6.07) is 3.65. The van der Waals surface area contributed by atoms with Crippen LogP contribution in [0.5, 0.6) is 0 Å². The lowest BCUT2D eigenvalue weighted by atomic mass is 9.84. The van der Waals surface area contributed by atoms with E-state index in [4.69, 9.17) is 10.5 Å². The van der Waals surface area contributed by atoms with Crippen LogP contribution in [-0.4, -0.2) is 10.7 Å². The lowest BCUT2D eigenvalue weighted by Crippen LogP contribution is -2.21. The van der Waals surface area contributed by atoms with Crippen molar-refractivity contribution in [1.82, 2.24) is 0 Å². The SMILES string of the molecule is CC(=O)CC1C(C#N)=CC(C#N)C=C1[N+](=O)[O-]. The van der Waals surface area contributed by atoms with Crippen LogP contribution in [0.25, 0.3) is 0 Å². The Kier molecular flexibility index (Phi) is 3.74. The number of hydrogen-bond acceptors (Lipinski definition) is 5. The maximum Gasteiger partial charge on any atom is 0.252 e. The molecule has 1 aliphatic rings. The summed E-state index contributed by atoms with van der Waals surface area (Å²) in [5, 5.41) is 28.5. The van der Waals surface area contributed by atoms with Crippen LogP contribution in [0.4, 0.5) is 0 Å². The topological polar surface area (TPSA) is 108 Å². The van der Waals surface area contributed by atoms with Crippen LogP contribution in [0.1, 0.15) is 13.3 Å². The zero-order valence-electron chi connectivity index (χ0n) is 9.08. The highest BCUT2D eigenvalue weighted by Gasteiger charge is 2.34. The summed E-state index contributed by atoms with van der Waals surface area (Å²) < 4.78 is 0. The van der Waals surface area contributed by atoms with Crippen molar-refractivity contribution >= 4 is 5.78 Å². The summed E-state index contributed by atoms with van der Waals surface area (Å²) in [7, 11) is 0. The molecule has 1 aliphatic carbocycles. The van der Waals surface area contributed by atoms with Crippen molar-refractivity contribution < 1.29 is 9.72 Å². The summed E-state index contributed by atoms with van der Waals surface area (Å²) in [4.78, 5) is 21.3. The molecular formula is C11H9N3O3. The Labute approximate surface area is 97.6 Å². The fourth-order valence-corrected chi connectivity index (χ4v) is 1.70. The predicted octanol–water partition coefficient (Wildman–Crippen LogP) is 1.35. The van der Waals surface area contributed by atoms with Gasteiger partial charge in [-0.1, -0.05) is 0 Å². The molecule has 0 aliphatic heterocycles. The van der Waals surface area contributed by atoms with Crippen molar-refractivity contribution in [3.8, 4) is 12.1 Å². The van der Waals surface area contributed by atoms with Crippen molar-refractivity contribution in [3.63, 3.8) is 0 Å². The van der Waals surface area contributed by atoms with E-state index in [1.807, 2.05) is 12.1 Å². The molecule has 0 amide bonds. The molecule has 17 heavy (non-hydrogen) atoms. The lowest BCUT2D eigenvalue weighted by molar-refractivity contribution is -0.433. The molecule has 0 fully saturated rings. The fraction of sp³-hybridized carbons (Fsp3) is 0.364. The summed E-state index contributed by atoms with van der Waals surface area (Å²) >= 11 is 0. The van der Waals surface area contributed by atoms with Gasteiger partial charge in [-0.3, -0.25) is 14.9 Å². The summed E-state index contributed by atoms with van der Waals surface area (Å²) in [5.41, 5.74) is -0.133. The van der Waals surface area contributed by atoms with Gasteiger partial charge in [0, 0.05) is 18.1 Å². The first-order valence-electron chi connectivity index (χ1n) is 4.86. The zero-order valence-corrected chi connectivity index (χ0v) is 9.08. The Balaban J connectivity index is 3.19. The standard InChI is InChI=1S/C11H9N3O3/c1-7(15)2-10-9(6-13)3-8(5-12)4-11(10)14(16)17/h3-4,8,10H,2H2,1H3. The third-order valence-corrected chi connectivity index (χ3v) is 2.42. The molecule has 0 N–H and O–H groups in total. The van der Waals surface area contributed by atoms with E-state index in [9.17, 15) is 14.9 Å². The van der Waals surface area contributed by atoms with Crippen LogP contribution in [-0.2, 0) is 4.79 Å². The highest BCUT2D eigenvalue weighted by atomic mass is 16.6. The van der Waals surface area contributed by atoms with E-state index in [0.717, 1.165) is 0 Å². The second-order valence-electron chi connectivity index (χ2n) is 3.70. The Morgan fingerprint density at radius 2 is 2.18 bits per heavy atom. The molecule has 0 aromatic carbocycles. The number of carbonyl (C=O) groups excluding carboxylic acids is 1. The van der Waals surface area contributed by atoms with Gasteiger partial charge in [0.25, 0.3) is 5.70 Å². The number of ketones is 1. The molecule has 0 aromatic rings. The van der Waals surface area contributed by atoms with Crippen LogP contribution in [0.2, 0.25) is 0 Å². The molecule has 86 valence electrons. The highest BCUT2D eigenvalue weighted by molar-refractivity contribution is 5.76. The number of nitriles is 2. The minimum Gasteiger partial charge on any atom is -0.300 e. The molecule has 0 aromatic heterocycles. The van der Waals surface area contributed by atoms with Crippen molar-refractivity contribution in [3.05, 3.63) is 33.5 Å². The van der Waals surface area contributed by atoms with Gasteiger partial charge in [0.15, 0.2) is 0 Å². The first-order valence-corrected chi connectivity index (χ1v) is 4.86. The van der Waals surface area contributed by atoms with Crippen LogP contribution in [0.15, 0.2) is 23.4 Å². The third-order valence-electron chi connectivity index (χ3n) is 2.42. The van der Waals surface area contributed by atoms with Crippen LogP contribution in [0, 0.1) is 44.6 Å². The van der Waals surface area contributed by atoms with Gasteiger partial charge in [0.1, 0.15) is 5.78 Å². The van der Waals surface area contributed by atoms with E-state index in [2.05, 4.69) is 0 Å². The number of nitro groups is 1. The molecule has 6 nitrogen and oxygen atoms in total.